The summed E-state index contributed by atoms with van der Waals surface area (Å²) >= 11 is 0. The minimum atomic E-state index is -4.58. The lowest BCUT2D eigenvalue weighted by Gasteiger charge is -2.11. The lowest BCUT2D eigenvalue weighted by molar-refractivity contribution is -0.138. The predicted octanol–water partition coefficient (Wildman–Crippen LogP) is 2.81. The number of fused-ring (bicyclic) bond motifs is 1. The summed E-state index contributed by atoms with van der Waals surface area (Å²) in [4.78, 5) is 13.5. The number of aromatic amines is 1. The molecule has 0 atom stereocenters. The van der Waals surface area contributed by atoms with E-state index in [1.807, 2.05) is 0 Å². The third-order valence-electron chi connectivity index (χ3n) is 3.20. The van der Waals surface area contributed by atoms with Crippen molar-refractivity contribution in [1.29, 1.82) is 0 Å². The number of halogens is 3. The Labute approximate surface area is 117 Å². The molecule has 0 aliphatic carbocycles. The maximum atomic E-state index is 12.8. The summed E-state index contributed by atoms with van der Waals surface area (Å²) in [6, 6.07) is 4.82. The SMILES string of the molecule is CN1Cc2cccc(Oc3[nH]ncc3C(F)(F)F)c2C1=O. The molecule has 2 aromatic rings. The Bertz CT molecular complexity index is 709. The molecule has 8 heteroatoms. The molecule has 1 aromatic carbocycles. The summed E-state index contributed by atoms with van der Waals surface area (Å²) in [5.41, 5.74) is -0.0188. The van der Waals surface area contributed by atoms with Gasteiger partial charge in [0.1, 0.15) is 11.3 Å². The van der Waals surface area contributed by atoms with Crippen molar-refractivity contribution in [3.05, 3.63) is 41.1 Å². The minimum Gasteiger partial charge on any atom is -0.438 e. The molecule has 0 spiro atoms. The van der Waals surface area contributed by atoms with Gasteiger partial charge in [0, 0.05) is 13.6 Å². The van der Waals surface area contributed by atoms with Gasteiger partial charge in [0.2, 0.25) is 5.88 Å². The number of benzene rings is 1. The van der Waals surface area contributed by atoms with Crippen LogP contribution >= 0.6 is 0 Å². The molecule has 1 aliphatic rings. The van der Waals surface area contributed by atoms with Gasteiger partial charge in [-0.3, -0.25) is 4.79 Å². The van der Waals surface area contributed by atoms with Gasteiger partial charge in [0.15, 0.2) is 0 Å². The highest BCUT2D eigenvalue weighted by Gasteiger charge is 2.37. The van der Waals surface area contributed by atoms with Crippen LogP contribution in [0, 0.1) is 0 Å². The lowest BCUT2D eigenvalue weighted by atomic mass is 10.1. The lowest BCUT2D eigenvalue weighted by Crippen LogP contribution is -2.17. The quantitative estimate of drug-likeness (QED) is 0.927. The van der Waals surface area contributed by atoms with Crippen molar-refractivity contribution in [2.45, 2.75) is 12.7 Å². The van der Waals surface area contributed by atoms with Crippen LogP contribution in [0.3, 0.4) is 0 Å². The van der Waals surface area contributed by atoms with Crippen molar-refractivity contribution in [2.24, 2.45) is 0 Å². The Morgan fingerprint density at radius 2 is 2.14 bits per heavy atom. The second-order valence-electron chi connectivity index (χ2n) is 4.66. The van der Waals surface area contributed by atoms with Crippen LogP contribution in [-0.2, 0) is 12.7 Å². The van der Waals surface area contributed by atoms with E-state index < -0.39 is 17.6 Å². The molecule has 21 heavy (non-hydrogen) atoms. The van der Waals surface area contributed by atoms with E-state index in [0.29, 0.717) is 18.3 Å². The first-order valence-corrected chi connectivity index (χ1v) is 6.03. The van der Waals surface area contributed by atoms with Crippen molar-refractivity contribution in [3.63, 3.8) is 0 Å². The molecule has 1 aliphatic heterocycles. The van der Waals surface area contributed by atoms with Gasteiger partial charge in [-0.15, -0.1) is 0 Å². The fourth-order valence-corrected chi connectivity index (χ4v) is 2.22. The Kier molecular flexibility index (Phi) is 2.89. The number of carbonyl (C=O) groups is 1. The largest absolute Gasteiger partial charge is 0.438 e. The monoisotopic (exact) mass is 297 g/mol. The van der Waals surface area contributed by atoms with Crippen LogP contribution in [0.5, 0.6) is 11.6 Å². The maximum Gasteiger partial charge on any atom is 0.423 e. The van der Waals surface area contributed by atoms with Crippen LogP contribution < -0.4 is 4.74 Å². The molecule has 0 fully saturated rings. The highest BCUT2D eigenvalue weighted by atomic mass is 19.4. The van der Waals surface area contributed by atoms with Crippen LogP contribution in [0.25, 0.3) is 0 Å². The van der Waals surface area contributed by atoms with Crippen molar-refractivity contribution in [2.75, 3.05) is 7.05 Å². The van der Waals surface area contributed by atoms with Gasteiger partial charge in [0.05, 0.1) is 11.8 Å². The standard InChI is InChI=1S/C13H10F3N3O2/c1-19-6-7-3-2-4-9(10(7)12(19)20)21-11-8(5-17-18-11)13(14,15)16/h2-5H,6H2,1H3,(H,17,18). The first-order chi connectivity index (χ1) is 9.88. The van der Waals surface area contributed by atoms with Crippen LogP contribution in [-0.4, -0.2) is 28.1 Å². The van der Waals surface area contributed by atoms with E-state index in [4.69, 9.17) is 4.74 Å². The molecule has 1 N–H and O–H groups in total. The Morgan fingerprint density at radius 3 is 2.86 bits per heavy atom. The summed E-state index contributed by atoms with van der Waals surface area (Å²) in [7, 11) is 1.61. The number of amides is 1. The zero-order valence-corrected chi connectivity index (χ0v) is 10.9. The third-order valence-corrected chi connectivity index (χ3v) is 3.20. The van der Waals surface area contributed by atoms with E-state index in [-0.39, 0.29) is 17.2 Å². The molecular formula is C13H10F3N3O2. The number of hydrogen-bond acceptors (Lipinski definition) is 3. The first kappa shape index (κ1) is 13.5. The van der Waals surface area contributed by atoms with Gasteiger partial charge >= 0.3 is 6.18 Å². The smallest absolute Gasteiger partial charge is 0.423 e. The molecule has 1 amide bonds. The molecule has 3 rings (SSSR count). The number of aromatic nitrogens is 2. The Morgan fingerprint density at radius 1 is 1.38 bits per heavy atom. The summed E-state index contributed by atoms with van der Waals surface area (Å²) in [6.07, 6.45) is -3.94. The van der Waals surface area contributed by atoms with E-state index >= 15 is 0 Å². The number of nitrogens with one attached hydrogen (secondary N) is 1. The fourth-order valence-electron chi connectivity index (χ4n) is 2.22. The molecular weight excluding hydrogens is 287 g/mol. The van der Waals surface area contributed by atoms with E-state index in [9.17, 15) is 18.0 Å². The molecule has 1 aromatic heterocycles. The number of alkyl halides is 3. The summed E-state index contributed by atoms with van der Waals surface area (Å²) < 4.78 is 43.6. The second-order valence-corrected chi connectivity index (χ2v) is 4.66. The summed E-state index contributed by atoms with van der Waals surface area (Å²) in [5, 5.41) is 5.51. The van der Waals surface area contributed by atoms with Crippen molar-refractivity contribution < 1.29 is 22.7 Å². The molecule has 0 saturated heterocycles. The maximum absolute atomic E-state index is 12.8. The number of ether oxygens (including phenoxy) is 1. The zero-order valence-electron chi connectivity index (χ0n) is 10.9. The van der Waals surface area contributed by atoms with Gasteiger partial charge in [-0.2, -0.15) is 18.3 Å². The third kappa shape index (κ3) is 2.22. The van der Waals surface area contributed by atoms with Gasteiger partial charge in [-0.1, -0.05) is 12.1 Å². The molecule has 5 nitrogen and oxygen atoms in total. The van der Waals surface area contributed by atoms with Gasteiger partial charge in [0.25, 0.3) is 5.91 Å². The molecule has 2 heterocycles. The average Bonchev–Trinajstić information content (AvgIpc) is 2.96. The normalized spacial score (nSPS) is 14.5. The molecule has 0 bridgehead atoms. The van der Waals surface area contributed by atoms with Crippen LogP contribution in [0.15, 0.2) is 24.4 Å². The van der Waals surface area contributed by atoms with E-state index in [2.05, 4.69) is 10.2 Å². The van der Waals surface area contributed by atoms with E-state index in [1.54, 1.807) is 19.2 Å². The van der Waals surface area contributed by atoms with Gasteiger partial charge in [-0.05, 0) is 11.6 Å². The predicted molar refractivity (Wildman–Crippen MR) is 65.9 cm³/mol. The molecule has 0 unspecified atom stereocenters. The molecule has 0 saturated carbocycles. The van der Waals surface area contributed by atoms with Crippen LogP contribution in [0.2, 0.25) is 0 Å². The molecule has 110 valence electrons. The fraction of sp³-hybridized carbons (Fsp3) is 0.231. The Balaban J connectivity index is 2.00. The average molecular weight is 297 g/mol. The number of carbonyl (C=O) groups excluding carboxylic acids is 1. The number of rotatable bonds is 2. The van der Waals surface area contributed by atoms with Crippen LogP contribution in [0.1, 0.15) is 21.5 Å². The van der Waals surface area contributed by atoms with Crippen molar-refractivity contribution in [1.82, 2.24) is 15.1 Å². The minimum absolute atomic E-state index is 0.0802. The highest BCUT2D eigenvalue weighted by Crippen LogP contribution is 2.38. The van der Waals surface area contributed by atoms with Gasteiger partial charge in [-0.25, -0.2) is 5.10 Å². The molecule has 0 radical (unpaired) electrons. The Hall–Kier alpha value is -2.51. The van der Waals surface area contributed by atoms with E-state index in [0.717, 1.165) is 0 Å². The highest BCUT2D eigenvalue weighted by molar-refractivity contribution is 6.00. The van der Waals surface area contributed by atoms with Crippen molar-refractivity contribution >= 4 is 5.91 Å². The van der Waals surface area contributed by atoms with E-state index in [1.165, 1.54) is 11.0 Å². The summed E-state index contributed by atoms with van der Waals surface area (Å²) in [6.45, 7) is 0.403. The number of H-pyrrole nitrogens is 1. The van der Waals surface area contributed by atoms with Gasteiger partial charge < -0.3 is 9.64 Å². The zero-order chi connectivity index (χ0) is 15.2. The number of hydrogen-bond donors (Lipinski definition) is 1. The van der Waals surface area contributed by atoms with Crippen LogP contribution in [0.4, 0.5) is 13.2 Å². The second kappa shape index (κ2) is 4.51. The summed E-state index contributed by atoms with van der Waals surface area (Å²) in [5.74, 6) is -0.733. The first-order valence-electron chi connectivity index (χ1n) is 6.03. The topological polar surface area (TPSA) is 58.2 Å². The number of nitrogens with zero attached hydrogens (tertiary/aromatic N) is 2. The van der Waals surface area contributed by atoms with Crippen molar-refractivity contribution in [3.8, 4) is 11.6 Å².